The summed E-state index contributed by atoms with van der Waals surface area (Å²) < 4.78 is 137. The molecule has 0 aliphatic rings. The van der Waals surface area contributed by atoms with E-state index in [-0.39, 0.29) is 0 Å². The second-order valence-corrected chi connectivity index (χ2v) is 4.42. The molecular formula is C4HF10NO2S. The Balaban J connectivity index is 5.49. The van der Waals surface area contributed by atoms with Gasteiger partial charge in [-0.1, -0.05) is 0 Å². The molecule has 14 heteroatoms. The fourth-order valence-corrected chi connectivity index (χ4v) is 1.33. The molecule has 0 saturated carbocycles. The summed E-state index contributed by atoms with van der Waals surface area (Å²) in [5.74, 6) is 0. The van der Waals surface area contributed by atoms with E-state index in [0.717, 1.165) is 0 Å². The highest BCUT2D eigenvalue weighted by Crippen LogP contribution is 2.42. The maximum absolute atomic E-state index is 12.2. The molecule has 0 aliphatic carbocycles. The van der Waals surface area contributed by atoms with Gasteiger partial charge in [-0.2, -0.15) is 43.9 Å². The molecule has 0 atom stereocenters. The summed E-state index contributed by atoms with van der Waals surface area (Å²) in [5.41, 5.74) is 0. The van der Waals surface area contributed by atoms with Crippen molar-refractivity contribution < 1.29 is 52.3 Å². The molecule has 0 aromatic heterocycles. The van der Waals surface area contributed by atoms with Crippen LogP contribution in [0, 0.1) is 0 Å². The molecule has 3 nitrogen and oxygen atoms in total. The van der Waals surface area contributed by atoms with Crippen LogP contribution in [-0.2, 0) is 10.0 Å². The second kappa shape index (κ2) is 4.11. The molecule has 1 N–H and O–H groups in total. The Kier molecular flexibility index (Phi) is 3.93. The molecule has 110 valence electrons. The van der Waals surface area contributed by atoms with E-state index < -0.39 is 38.4 Å². The van der Waals surface area contributed by atoms with Gasteiger partial charge in [0.1, 0.15) is 0 Å². The van der Waals surface area contributed by atoms with E-state index in [1.165, 1.54) is 0 Å². The number of sulfonamides is 1. The van der Waals surface area contributed by atoms with E-state index in [4.69, 9.17) is 0 Å². The first-order valence-corrected chi connectivity index (χ1v) is 4.86. The van der Waals surface area contributed by atoms with Gasteiger partial charge in [0, 0.05) is 0 Å². The Labute approximate surface area is 91.8 Å². The smallest absolute Gasteiger partial charge is 0.205 e. The summed E-state index contributed by atoms with van der Waals surface area (Å²) in [5, 5.41) is -6.81. The molecule has 0 fully saturated rings. The lowest BCUT2D eigenvalue weighted by Gasteiger charge is -2.25. The molecular weight excluding hydrogens is 316 g/mol. The maximum atomic E-state index is 12.2. The molecule has 0 spiro atoms. The Morgan fingerprint density at radius 3 is 1.22 bits per heavy atom. The van der Waals surface area contributed by atoms with Crippen molar-refractivity contribution in [1.82, 2.24) is 4.72 Å². The summed E-state index contributed by atoms with van der Waals surface area (Å²) in [4.78, 5) is 0. The zero-order chi connectivity index (χ0) is 15.2. The van der Waals surface area contributed by atoms with Gasteiger partial charge in [0.25, 0.3) is 10.0 Å². The summed E-state index contributed by atoms with van der Waals surface area (Å²) in [6.07, 6.45) is -13.5. The zero-order valence-corrected chi connectivity index (χ0v) is 8.32. The van der Waals surface area contributed by atoms with Gasteiger partial charge >= 0.3 is 23.7 Å². The zero-order valence-electron chi connectivity index (χ0n) is 7.50. The lowest BCUT2D eigenvalue weighted by atomic mass is 10.6. The Morgan fingerprint density at radius 2 is 1.00 bits per heavy atom. The molecule has 0 radical (unpaired) electrons. The standard InChI is InChI=1S/C4HF10NO2S/c5-1(6,7)3(11,12)15-18(16,17)4(13,14)2(8,9)10/h15H. The Hall–Kier alpha value is -0.790. The van der Waals surface area contributed by atoms with Crippen LogP contribution < -0.4 is 4.72 Å². The monoisotopic (exact) mass is 317 g/mol. The minimum absolute atomic E-state index is 1.04. The van der Waals surface area contributed by atoms with Crippen molar-refractivity contribution in [3.05, 3.63) is 0 Å². The minimum Gasteiger partial charge on any atom is -0.205 e. The fourth-order valence-electron chi connectivity index (χ4n) is 0.443. The predicted molar refractivity (Wildman–Crippen MR) is 34.1 cm³/mol. The van der Waals surface area contributed by atoms with E-state index in [9.17, 15) is 52.3 Å². The van der Waals surface area contributed by atoms with Gasteiger partial charge in [-0.3, -0.25) is 0 Å². The fraction of sp³-hybridized carbons (Fsp3) is 1.00. The molecule has 0 unspecified atom stereocenters. The van der Waals surface area contributed by atoms with Crippen LogP contribution in [-0.4, -0.2) is 32.1 Å². The average molecular weight is 317 g/mol. The first-order valence-electron chi connectivity index (χ1n) is 3.38. The molecule has 0 heterocycles. The highest BCUT2D eigenvalue weighted by atomic mass is 32.2. The third-order valence-electron chi connectivity index (χ3n) is 1.29. The Bertz CT molecular complexity index is 405. The van der Waals surface area contributed by atoms with Gasteiger partial charge in [0.15, 0.2) is 0 Å². The Morgan fingerprint density at radius 1 is 0.667 bits per heavy atom. The van der Waals surface area contributed by atoms with Gasteiger partial charge in [0.2, 0.25) is 0 Å². The van der Waals surface area contributed by atoms with Crippen LogP contribution in [0.25, 0.3) is 0 Å². The van der Waals surface area contributed by atoms with E-state index >= 15 is 0 Å². The first kappa shape index (κ1) is 17.2. The van der Waals surface area contributed by atoms with Crippen LogP contribution in [0.2, 0.25) is 0 Å². The third-order valence-corrected chi connectivity index (χ3v) is 2.72. The molecule has 0 amide bonds. The van der Waals surface area contributed by atoms with Crippen LogP contribution in [0.1, 0.15) is 0 Å². The molecule has 0 saturated heterocycles. The van der Waals surface area contributed by atoms with E-state index in [0.29, 0.717) is 0 Å². The van der Waals surface area contributed by atoms with Crippen molar-refractivity contribution in [2.45, 2.75) is 23.7 Å². The van der Waals surface area contributed by atoms with Crippen LogP contribution >= 0.6 is 0 Å². The minimum atomic E-state index is -7.34. The lowest BCUT2D eigenvalue weighted by molar-refractivity contribution is -0.289. The number of hydrogen-bond acceptors (Lipinski definition) is 2. The largest absolute Gasteiger partial charge is 0.470 e. The number of alkyl halides is 10. The first-order chi connectivity index (χ1) is 7.46. The molecule has 0 aliphatic heterocycles. The molecule has 0 rings (SSSR count). The summed E-state index contributed by atoms with van der Waals surface area (Å²) in [6.45, 7) is 0. The molecule has 0 aromatic carbocycles. The topological polar surface area (TPSA) is 46.2 Å². The highest BCUT2D eigenvalue weighted by molar-refractivity contribution is 7.90. The van der Waals surface area contributed by atoms with Crippen molar-refractivity contribution in [3.63, 3.8) is 0 Å². The van der Waals surface area contributed by atoms with Crippen LogP contribution in [0.4, 0.5) is 43.9 Å². The van der Waals surface area contributed by atoms with Crippen molar-refractivity contribution in [1.29, 1.82) is 0 Å². The summed E-state index contributed by atoms with van der Waals surface area (Å²) >= 11 is 0. The lowest BCUT2D eigenvalue weighted by Crippen LogP contribution is -2.59. The van der Waals surface area contributed by atoms with Crippen LogP contribution in [0.15, 0.2) is 0 Å². The number of nitrogens with one attached hydrogen (secondary N) is 1. The normalized spacial score (nSPS) is 15.9. The van der Waals surface area contributed by atoms with Crippen LogP contribution in [0.3, 0.4) is 0 Å². The van der Waals surface area contributed by atoms with E-state index in [1.54, 1.807) is 0 Å². The summed E-state index contributed by atoms with van der Waals surface area (Å²) in [7, 11) is -7.34. The highest BCUT2D eigenvalue weighted by Gasteiger charge is 2.71. The van der Waals surface area contributed by atoms with Crippen molar-refractivity contribution >= 4 is 10.0 Å². The van der Waals surface area contributed by atoms with Gasteiger partial charge in [-0.15, -0.1) is 4.72 Å². The van der Waals surface area contributed by atoms with Crippen molar-refractivity contribution in [2.24, 2.45) is 0 Å². The summed E-state index contributed by atoms with van der Waals surface area (Å²) in [6, 6.07) is -6.47. The SMILES string of the molecule is O=S(=O)(NC(F)(F)C(F)(F)F)C(F)(F)C(F)(F)F. The van der Waals surface area contributed by atoms with Gasteiger partial charge in [-0.05, 0) is 0 Å². The molecule has 0 bridgehead atoms. The number of hydrogen-bond donors (Lipinski definition) is 1. The van der Waals surface area contributed by atoms with E-state index in [1.807, 2.05) is 0 Å². The van der Waals surface area contributed by atoms with Gasteiger partial charge in [-0.25, -0.2) is 8.42 Å². The van der Waals surface area contributed by atoms with Crippen LogP contribution in [0.5, 0.6) is 0 Å². The number of halogens is 10. The third kappa shape index (κ3) is 2.96. The van der Waals surface area contributed by atoms with Gasteiger partial charge in [0.05, 0.1) is 0 Å². The molecule has 18 heavy (non-hydrogen) atoms. The van der Waals surface area contributed by atoms with Crippen molar-refractivity contribution in [2.75, 3.05) is 0 Å². The van der Waals surface area contributed by atoms with Crippen molar-refractivity contribution in [3.8, 4) is 0 Å². The van der Waals surface area contributed by atoms with Gasteiger partial charge < -0.3 is 0 Å². The average Bonchev–Trinajstić information content (AvgIpc) is 1.96. The second-order valence-electron chi connectivity index (χ2n) is 2.69. The predicted octanol–water partition coefficient (Wildman–Crippen LogP) is 2.22. The maximum Gasteiger partial charge on any atom is 0.470 e. The van der Waals surface area contributed by atoms with E-state index in [2.05, 4.69) is 0 Å². The molecule has 0 aromatic rings. The quantitative estimate of drug-likeness (QED) is 0.641. The number of rotatable bonds is 3.